The molecule has 1 saturated heterocycles. The summed E-state index contributed by atoms with van der Waals surface area (Å²) in [5, 5.41) is 0. The number of rotatable bonds is 7. The molecule has 0 unspecified atom stereocenters. The molecule has 31 heavy (non-hydrogen) atoms. The van der Waals surface area contributed by atoms with Gasteiger partial charge in [-0.05, 0) is 54.6 Å². The Morgan fingerprint density at radius 2 is 1.45 bits per heavy atom. The molecule has 0 aromatic heterocycles. The van der Waals surface area contributed by atoms with E-state index in [9.17, 15) is 17.6 Å². The average molecular weight is 437 g/mol. The molecule has 0 saturated carbocycles. The van der Waals surface area contributed by atoms with Crippen molar-refractivity contribution < 1.29 is 22.3 Å². The number of hydrogen-bond donors (Lipinski definition) is 0. The largest absolute Gasteiger partial charge is 0.518 e. The van der Waals surface area contributed by atoms with E-state index >= 15 is 0 Å². The van der Waals surface area contributed by atoms with Crippen molar-refractivity contribution >= 4 is 23.0 Å². The third-order valence-corrected chi connectivity index (χ3v) is 7.21. The molecule has 1 fully saturated rings. The van der Waals surface area contributed by atoms with Crippen LogP contribution in [0.25, 0.3) is 0 Å². The molecular formula is C23H21BFNO4S. The summed E-state index contributed by atoms with van der Waals surface area (Å²) in [7, 11) is -5.02. The molecular weight excluding hydrogens is 416 g/mol. The highest BCUT2D eigenvalue weighted by Gasteiger charge is 2.52. The van der Waals surface area contributed by atoms with Gasteiger partial charge in [-0.2, -0.15) is 4.22 Å². The van der Waals surface area contributed by atoms with E-state index < -0.39 is 34.9 Å². The quantitative estimate of drug-likeness (QED) is 0.529. The van der Waals surface area contributed by atoms with Crippen LogP contribution in [0.4, 0.5) is 4.39 Å². The van der Waals surface area contributed by atoms with Crippen molar-refractivity contribution in [1.82, 2.24) is 4.22 Å². The van der Waals surface area contributed by atoms with Crippen molar-refractivity contribution in [3.05, 3.63) is 102 Å². The van der Waals surface area contributed by atoms with Crippen LogP contribution >= 0.6 is 0 Å². The van der Waals surface area contributed by atoms with Crippen molar-refractivity contribution in [3.63, 3.8) is 0 Å². The van der Waals surface area contributed by atoms with Gasteiger partial charge < -0.3 is 4.65 Å². The second-order valence-corrected chi connectivity index (χ2v) is 9.25. The minimum Gasteiger partial charge on any atom is -0.518 e. The minimum atomic E-state index is -4.09. The van der Waals surface area contributed by atoms with Crippen LogP contribution in [0.2, 0.25) is 6.32 Å². The molecule has 1 aliphatic rings. The number of hydrogen-bond acceptors (Lipinski definition) is 4. The SMILES string of the molecule is O=C1OB(CCc2ccccc2)N(S(=O)(=O)c2ccc(F)cc2)[C@H]1Cc1ccccc1. The third-order valence-electron chi connectivity index (χ3n) is 5.30. The van der Waals surface area contributed by atoms with Gasteiger partial charge in [-0.15, -0.1) is 0 Å². The van der Waals surface area contributed by atoms with Gasteiger partial charge in [0.25, 0.3) is 0 Å². The van der Waals surface area contributed by atoms with Crippen molar-refractivity contribution in [2.45, 2.75) is 30.1 Å². The predicted molar refractivity (Wildman–Crippen MR) is 116 cm³/mol. The molecule has 8 heteroatoms. The number of benzene rings is 3. The summed E-state index contributed by atoms with van der Waals surface area (Å²) >= 11 is 0. The summed E-state index contributed by atoms with van der Waals surface area (Å²) in [4.78, 5) is 12.7. The monoisotopic (exact) mass is 437 g/mol. The summed E-state index contributed by atoms with van der Waals surface area (Å²) < 4.78 is 47.0. The molecule has 0 spiro atoms. The number of nitrogens with zero attached hydrogens (tertiary/aromatic N) is 1. The van der Waals surface area contributed by atoms with E-state index in [0.717, 1.165) is 27.5 Å². The molecule has 0 aliphatic carbocycles. The summed E-state index contributed by atoms with van der Waals surface area (Å²) in [6.45, 7) is 0. The van der Waals surface area contributed by atoms with Gasteiger partial charge in [0.1, 0.15) is 11.9 Å². The number of halogens is 1. The Morgan fingerprint density at radius 1 is 0.871 bits per heavy atom. The first-order chi connectivity index (χ1) is 14.9. The standard InChI is InChI=1S/C23H21BFNO4S/c25-20-11-13-21(14-12-20)31(28,29)26-22(17-19-9-5-2-6-10-19)23(27)30-24(26)16-15-18-7-3-1-4-8-18/h1-14,22H,15-17H2/t22-/m0/s1. The molecule has 158 valence electrons. The number of carbonyl (C=O) groups is 1. The van der Waals surface area contributed by atoms with Crippen LogP contribution in [-0.2, 0) is 32.3 Å². The Balaban J connectivity index is 1.66. The summed E-state index contributed by atoms with van der Waals surface area (Å²) in [5.74, 6) is -1.11. The van der Waals surface area contributed by atoms with Crippen molar-refractivity contribution in [1.29, 1.82) is 0 Å². The van der Waals surface area contributed by atoms with Crippen LogP contribution in [0, 0.1) is 5.82 Å². The highest BCUT2D eigenvalue weighted by atomic mass is 32.2. The van der Waals surface area contributed by atoms with Crippen LogP contribution < -0.4 is 0 Å². The topological polar surface area (TPSA) is 63.7 Å². The molecule has 0 bridgehead atoms. The van der Waals surface area contributed by atoms with Gasteiger partial charge in [-0.25, -0.2) is 12.8 Å². The molecule has 1 heterocycles. The smallest absolute Gasteiger partial charge is 0.466 e. The molecule has 3 aromatic carbocycles. The fourth-order valence-corrected chi connectivity index (χ4v) is 5.43. The molecule has 0 radical (unpaired) electrons. The lowest BCUT2D eigenvalue weighted by Gasteiger charge is -2.23. The van der Waals surface area contributed by atoms with Gasteiger partial charge in [-0.3, -0.25) is 4.79 Å². The fourth-order valence-electron chi connectivity index (χ4n) is 3.75. The number of sulfonamides is 1. The second kappa shape index (κ2) is 9.04. The lowest BCUT2D eigenvalue weighted by molar-refractivity contribution is -0.134. The van der Waals surface area contributed by atoms with Crippen molar-refractivity contribution in [2.24, 2.45) is 0 Å². The van der Waals surface area contributed by atoms with E-state index in [4.69, 9.17) is 4.65 Å². The van der Waals surface area contributed by atoms with Gasteiger partial charge in [0, 0.05) is 0 Å². The first-order valence-corrected chi connectivity index (χ1v) is 11.5. The third kappa shape index (κ3) is 4.70. The predicted octanol–water partition coefficient (Wildman–Crippen LogP) is 3.72. The van der Waals surface area contributed by atoms with E-state index in [0.29, 0.717) is 12.7 Å². The van der Waals surface area contributed by atoms with E-state index in [1.165, 1.54) is 12.1 Å². The van der Waals surface area contributed by atoms with Crippen LogP contribution in [-0.4, -0.2) is 31.7 Å². The minimum absolute atomic E-state index is 0.0741. The summed E-state index contributed by atoms with van der Waals surface area (Å²) in [6.07, 6.45) is 1.07. The van der Waals surface area contributed by atoms with Crippen molar-refractivity contribution in [3.8, 4) is 0 Å². The Morgan fingerprint density at radius 3 is 2.06 bits per heavy atom. The first-order valence-electron chi connectivity index (χ1n) is 10.0. The van der Waals surface area contributed by atoms with Crippen LogP contribution in [0.5, 0.6) is 0 Å². The Bertz CT molecular complexity index is 1140. The van der Waals surface area contributed by atoms with Gasteiger partial charge in [0.15, 0.2) is 0 Å². The molecule has 4 rings (SSSR count). The Kier molecular flexibility index (Phi) is 6.20. The Labute approximate surface area is 181 Å². The zero-order valence-corrected chi connectivity index (χ0v) is 17.5. The molecule has 0 N–H and O–H groups in total. The zero-order valence-electron chi connectivity index (χ0n) is 16.7. The maximum atomic E-state index is 13.5. The van der Waals surface area contributed by atoms with Gasteiger partial charge in [0.2, 0.25) is 10.0 Å². The van der Waals surface area contributed by atoms with Gasteiger partial charge in [-0.1, -0.05) is 60.7 Å². The lowest BCUT2D eigenvalue weighted by Crippen LogP contribution is -2.46. The average Bonchev–Trinajstić information content (AvgIpc) is 3.10. The van der Waals surface area contributed by atoms with E-state index in [1.807, 2.05) is 60.7 Å². The fraction of sp³-hybridized carbons (Fsp3) is 0.174. The van der Waals surface area contributed by atoms with Crippen molar-refractivity contribution in [2.75, 3.05) is 0 Å². The highest BCUT2D eigenvalue weighted by molar-refractivity contribution is 7.90. The van der Waals surface area contributed by atoms with Crippen LogP contribution in [0.1, 0.15) is 11.1 Å². The molecule has 5 nitrogen and oxygen atoms in total. The van der Waals surface area contributed by atoms with Crippen LogP contribution in [0.3, 0.4) is 0 Å². The number of carbonyl (C=O) groups excluding carboxylic acids is 1. The summed E-state index contributed by atoms with van der Waals surface area (Å²) in [6, 6.07) is 22.4. The van der Waals surface area contributed by atoms with Gasteiger partial charge in [0.05, 0.1) is 4.90 Å². The zero-order chi connectivity index (χ0) is 21.8. The van der Waals surface area contributed by atoms with E-state index in [-0.39, 0.29) is 11.3 Å². The molecule has 1 atom stereocenters. The first kappa shape index (κ1) is 21.3. The number of aryl methyl sites for hydroxylation is 1. The maximum Gasteiger partial charge on any atom is 0.466 e. The Hall–Kier alpha value is -2.97. The lowest BCUT2D eigenvalue weighted by atomic mass is 9.76. The second-order valence-electron chi connectivity index (χ2n) is 7.41. The van der Waals surface area contributed by atoms with E-state index in [2.05, 4.69) is 0 Å². The molecule has 1 aliphatic heterocycles. The maximum absolute atomic E-state index is 13.5. The highest BCUT2D eigenvalue weighted by Crippen LogP contribution is 2.30. The molecule has 0 amide bonds. The normalized spacial score (nSPS) is 17.0. The summed E-state index contributed by atoms with van der Waals surface area (Å²) in [5.41, 5.74) is 1.84. The van der Waals surface area contributed by atoms with Gasteiger partial charge >= 0.3 is 13.0 Å². The molecule has 3 aromatic rings. The van der Waals surface area contributed by atoms with Crippen LogP contribution in [0.15, 0.2) is 89.8 Å². The van der Waals surface area contributed by atoms with E-state index in [1.54, 1.807) is 0 Å².